The van der Waals surface area contributed by atoms with E-state index in [9.17, 15) is 9.90 Å². The van der Waals surface area contributed by atoms with Crippen LogP contribution in [-0.4, -0.2) is 50.8 Å². The predicted molar refractivity (Wildman–Crippen MR) is 119 cm³/mol. The molecule has 7 heteroatoms. The van der Waals surface area contributed by atoms with Crippen molar-refractivity contribution in [1.82, 2.24) is 14.5 Å². The number of ether oxygens (including phenoxy) is 1. The number of amides is 1. The van der Waals surface area contributed by atoms with Crippen molar-refractivity contribution in [2.75, 3.05) is 19.7 Å². The molecule has 5 rings (SSSR count). The molecular weight excluding hydrogens is 406 g/mol. The lowest BCUT2D eigenvalue weighted by molar-refractivity contribution is -0.136. The van der Waals surface area contributed by atoms with E-state index in [0.29, 0.717) is 38.2 Å². The van der Waals surface area contributed by atoms with E-state index in [-0.39, 0.29) is 18.1 Å². The Morgan fingerprint density at radius 3 is 2.66 bits per heavy atom. The largest absolute Gasteiger partial charge is 0.461 e. The van der Waals surface area contributed by atoms with Gasteiger partial charge in [0.15, 0.2) is 0 Å². The topological polar surface area (TPSA) is 80.7 Å². The van der Waals surface area contributed by atoms with E-state index in [0.717, 1.165) is 29.9 Å². The number of aryl methyl sites for hydroxylation is 2. The summed E-state index contributed by atoms with van der Waals surface area (Å²) in [5, 5.41) is 11.1. The Balaban J connectivity index is 1.14. The number of aliphatic hydroxyl groups is 1. The molecule has 0 saturated carbocycles. The van der Waals surface area contributed by atoms with Gasteiger partial charge in [0, 0.05) is 57.4 Å². The zero-order chi connectivity index (χ0) is 22.2. The van der Waals surface area contributed by atoms with E-state index >= 15 is 0 Å². The van der Waals surface area contributed by atoms with Gasteiger partial charge in [0.05, 0.1) is 12.2 Å². The first-order chi connectivity index (χ1) is 15.5. The molecule has 0 bridgehead atoms. The van der Waals surface area contributed by atoms with Crippen molar-refractivity contribution in [1.29, 1.82) is 0 Å². The average molecular weight is 436 g/mol. The molecule has 0 radical (unpaired) electrons. The van der Waals surface area contributed by atoms with Gasteiger partial charge >= 0.3 is 0 Å². The number of likely N-dealkylation sites (tertiary alicyclic amines) is 1. The summed E-state index contributed by atoms with van der Waals surface area (Å²) in [5.41, 5.74) is -0.419. The molecule has 2 aromatic heterocycles. The molecule has 1 N–H and O–H groups in total. The molecule has 1 amide bonds. The summed E-state index contributed by atoms with van der Waals surface area (Å²) in [6.07, 6.45) is 6.51. The first-order valence-electron chi connectivity index (χ1n) is 11.2. The molecule has 0 aliphatic carbocycles. The highest BCUT2D eigenvalue weighted by molar-refractivity contribution is 5.76. The van der Waals surface area contributed by atoms with Crippen LogP contribution in [0, 0.1) is 0 Å². The number of piperidine rings is 1. The molecule has 4 heterocycles. The fourth-order valence-corrected chi connectivity index (χ4v) is 5.01. The number of benzene rings is 1. The molecule has 1 spiro atoms. The third-order valence-corrected chi connectivity index (χ3v) is 6.80. The fourth-order valence-electron chi connectivity index (χ4n) is 5.01. The Bertz CT molecular complexity index is 1080. The van der Waals surface area contributed by atoms with E-state index in [4.69, 9.17) is 9.15 Å². The maximum absolute atomic E-state index is 12.8. The lowest BCUT2D eigenvalue weighted by Crippen LogP contribution is -2.47. The molecule has 2 saturated heterocycles. The van der Waals surface area contributed by atoms with Gasteiger partial charge in [-0.05, 0) is 25.0 Å². The normalized spacial score (nSPS) is 22.5. The van der Waals surface area contributed by atoms with Crippen LogP contribution in [-0.2, 0) is 28.6 Å². The first-order valence-corrected chi connectivity index (χ1v) is 11.2. The SMILES string of the molecule is Cn1ccnc1[C@]1(O)COC2(CCN(C(=O)CCc3ccc(-c4ccccc4)o3)CC2)C1. The number of nitrogens with zero attached hydrogens (tertiary/aromatic N) is 3. The second kappa shape index (κ2) is 8.22. The van der Waals surface area contributed by atoms with Crippen LogP contribution in [0.2, 0.25) is 0 Å². The molecule has 2 fully saturated rings. The first kappa shape index (κ1) is 21.0. The van der Waals surface area contributed by atoms with Crippen molar-refractivity contribution in [3.8, 4) is 11.3 Å². The van der Waals surface area contributed by atoms with Crippen molar-refractivity contribution < 1.29 is 19.1 Å². The number of imidazole rings is 1. The Morgan fingerprint density at radius 1 is 1.16 bits per heavy atom. The molecule has 0 unspecified atom stereocenters. The van der Waals surface area contributed by atoms with Crippen LogP contribution in [0.3, 0.4) is 0 Å². The molecule has 2 aliphatic heterocycles. The molecule has 1 atom stereocenters. The van der Waals surface area contributed by atoms with Crippen molar-refractivity contribution in [2.45, 2.75) is 43.3 Å². The number of carbonyl (C=O) groups excluding carboxylic acids is 1. The number of aromatic nitrogens is 2. The monoisotopic (exact) mass is 435 g/mol. The highest BCUT2D eigenvalue weighted by Gasteiger charge is 2.52. The van der Waals surface area contributed by atoms with Gasteiger partial charge in [-0.1, -0.05) is 30.3 Å². The Hall–Kier alpha value is -2.90. The predicted octanol–water partition coefficient (Wildman–Crippen LogP) is 3.28. The minimum absolute atomic E-state index is 0.134. The van der Waals surface area contributed by atoms with E-state index in [1.165, 1.54) is 0 Å². The lowest BCUT2D eigenvalue weighted by atomic mass is 9.83. The van der Waals surface area contributed by atoms with Crippen molar-refractivity contribution >= 4 is 5.91 Å². The Labute approximate surface area is 187 Å². The van der Waals surface area contributed by atoms with Crippen LogP contribution in [0.5, 0.6) is 0 Å². The van der Waals surface area contributed by atoms with Crippen molar-refractivity contribution in [2.24, 2.45) is 7.05 Å². The van der Waals surface area contributed by atoms with Gasteiger partial charge in [0.2, 0.25) is 5.91 Å². The standard InChI is InChI=1S/C25H29N3O4/c1-27-16-13-26-23(27)25(30)17-24(31-18-25)11-14-28(15-12-24)22(29)10-8-20-7-9-21(32-20)19-5-3-2-4-6-19/h2-7,9,13,16,30H,8,10-12,14-15,17-18H2,1H3/t25-/m1/s1. The second-order valence-corrected chi connectivity index (χ2v) is 9.05. The molecule has 32 heavy (non-hydrogen) atoms. The van der Waals surface area contributed by atoms with Gasteiger partial charge in [-0.2, -0.15) is 0 Å². The summed E-state index contributed by atoms with van der Waals surface area (Å²) < 4.78 is 13.9. The summed E-state index contributed by atoms with van der Waals surface area (Å²) in [7, 11) is 1.88. The fraction of sp³-hybridized carbons (Fsp3) is 0.440. The van der Waals surface area contributed by atoms with Crippen molar-refractivity contribution in [3.63, 3.8) is 0 Å². The Kier molecular flexibility index (Phi) is 5.39. The highest BCUT2D eigenvalue weighted by Crippen LogP contribution is 2.44. The smallest absolute Gasteiger partial charge is 0.223 e. The molecule has 1 aromatic carbocycles. The number of hydrogen-bond acceptors (Lipinski definition) is 5. The summed E-state index contributed by atoms with van der Waals surface area (Å²) in [6, 6.07) is 13.9. The minimum Gasteiger partial charge on any atom is -0.461 e. The molecular formula is C25H29N3O4. The number of hydrogen-bond donors (Lipinski definition) is 1. The molecule has 2 aliphatic rings. The third-order valence-electron chi connectivity index (χ3n) is 6.80. The molecule has 7 nitrogen and oxygen atoms in total. The third kappa shape index (κ3) is 3.98. The van der Waals surface area contributed by atoms with E-state index in [1.54, 1.807) is 6.20 Å². The molecule has 168 valence electrons. The van der Waals surface area contributed by atoms with Gasteiger partial charge in [-0.3, -0.25) is 4.79 Å². The minimum atomic E-state index is -1.07. The van der Waals surface area contributed by atoms with Gasteiger partial charge in [-0.25, -0.2) is 4.98 Å². The van der Waals surface area contributed by atoms with Crippen LogP contribution in [0.15, 0.2) is 59.3 Å². The van der Waals surface area contributed by atoms with Crippen LogP contribution in [0.25, 0.3) is 11.3 Å². The number of rotatable bonds is 5. The summed E-state index contributed by atoms with van der Waals surface area (Å²) >= 11 is 0. The number of furan rings is 1. The van der Waals surface area contributed by atoms with E-state index in [1.807, 2.05) is 65.2 Å². The average Bonchev–Trinajstić information content (AvgIpc) is 3.53. The molecule has 3 aromatic rings. The van der Waals surface area contributed by atoms with Crippen molar-refractivity contribution in [3.05, 3.63) is 66.4 Å². The van der Waals surface area contributed by atoms with Crippen LogP contribution in [0.4, 0.5) is 0 Å². The van der Waals surface area contributed by atoms with Gasteiger partial charge in [0.25, 0.3) is 0 Å². The summed E-state index contributed by atoms with van der Waals surface area (Å²) in [4.78, 5) is 19.0. The van der Waals surface area contributed by atoms with Crippen LogP contribution < -0.4 is 0 Å². The summed E-state index contributed by atoms with van der Waals surface area (Å²) in [5.74, 6) is 2.42. The number of carbonyl (C=O) groups is 1. The van der Waals surface area contributed by atoms with E-state index in [2.05, 4.69) is 4.98 Å². The van der Waals surface area contributed by atoms with Gasteiger partial charge in [-0.15, -0.1) is 0 Å². The van der Waals surface area contributed by atoms with Crippen LogP contribution >= 0.6 is 0 Å². The van der Waals surface area contributed by atoms with E-state index < -0.39 is 5.60 Å². The maximum Gasteiger partial charge on any atom is 0.223 e. The highest BCUT2D eigenvalue weighted by atomic mass is 16.5. The lowest BCUT2D eigenvalue weighted by Gasteiger charge is -2.39. The second-order valence-electron chi connectivity index (χ2n) is 9.05. The zero-order valence-electron chi connectivity index (χ0n) is 18.4. The summed E-state index contributed by atoms with van der Waals surface area (Å²) in [6.45, 7) is 1.53. The maximum atomic E-state index is 12.8. The Morgan fingerprint density at radius 2 is 1.94 bits per heavy atom. The van der Waals surface area contributed by atoms with Gasteiger partial charge in [0.1, 0.15) is 22.9 Å². The zero-order valence-corrected chi connectivity index (χ0v) is 18.4. The quantitative estimate of drug-likeness (QED) is 0.665. The van der Waals surface area contributed by atoms with Gasteiger partial charge < -0.3 is 23.7 Å². The van der Waals surface area contributed by atoms with Crippen LogP contribution in [0.1, 0.15) is 37.3 Å².